The first-order valence-corrected chi connectivity index (χ1v) is 15.7. The van der Waals surface area contributed by atoms with Crippen LogP contribution < -0.4 is 15.4 Å². The first kappa shape index (κ1) is 31.7. The van der Waals surface area contributed by atoms with Crippen LogP contribution in [0.4, 0.5) is 13.2 Å². The van der Waals surface area contributed by atoms with Crippen molar-refractivity contribution in [1.29, 1.82) is 0 Å². The van der Waals surface area contributed by atoms with Gasteiger partial charge in [0.2, 0.25) is 15.9 Å². The SMILES string of the molecule is C=CS(=O)(=O)NC[C@H]1CCN(C(=O)c2ccc([C@@H](C[C@@H]3CCCNC3)C(=O)NCc3ccc(C(F)(F)F)cc3)cc2)C1. The second kappa shape index (κ2) is 13.8. The fourth-order valence-electron chi connectivity index (χ4n) is 5.49. The summed E-state index contributed by atoms with van der Waals surface area (Å²) in [5.41, 5.74) is 1.07. The van der Waals surface area contributed by atoms with Gasteiger partial charge in [0.1, 0.15) is 0 Å². The Morgan fingerprint density at radius 2 is 1.79 bits per heavy atom. The van der Waals surface area contributed by atoms with E-state index in [1.54, 1.807) is 29.2 Å². The topological polar surface area (TPSA) is 108 Å². The number of nitrogens with zero attached hydrogens (tertiary/aromatic N) is 1. The Kier molecular flexibility index (Phi) is 10.4. The van der Waals surface area contributed by atoms with Crippen molar-refractivity contribution in [3.63, 3.8) is 0 Å². The summed E-state index contributed by atoms with van der Waals surface area (Å²) in [5, 5.41) is 7.12. The van der Waals surface area contributed by atoms with Gasteiger partial charge in [0.15, 0.2) is 0 Å². The maximum absolute atomic E-state index is 13.4. The molecule has 3 N–H and O–H groups in total. The maximum atomic E-state index is 13.4. The second-order valence-corrected chi connectivity index (χ2v) is 12.7. The summed E-state index contributed by atoms with van der Waals surface area (Å²) in [6.07, 6.45) is -1.13. The fraction of sp³-hybridized carbons (Fsp3) is 0.467. The summed E-state index contributed by atoms with van der Waals surface area (Å²) in [6, 6.07) is 11.7. The van der Waals surface area contributed by atoms with Crippen LogP contribution in [-0.4, -0.2) is 57.9 Å². The lowest BCUT2D eigenvalue weighted by Gasteiger charge is -2.27. The maximum Gasteiger partial charge on any atom is 0.416 e. The van der Waals surface area contributed by atoms with E-state index in [1.807, 2.05) is 0 Å². The highest BCUT2D eigenvalue weighted by Crippen LogP contribution is 2.30. The average Bonchev–Trinajstić information content (AvgIpc) is 3.47. The average molecular weight is 607 g/mol. The first-order chi connectivity index (χ1) is 19.9. The lowest BCUT2D eigenvalue weighted by molar-refractivity contribution is -0.137. The molecule has 0 aromatic heterocycles. The standard InChI is InChI=1S/C30H37F3N4O4S/c1-2-42(40,41)36-19-23-13-15-37(20-23)29(39)25-9-7-24(8-10-25)27(16-22-4-3-14-34-17-22)28(38)35-18-21-5-11-26(12-6-21)30(31,32)33/h2,5-12,22-23,27,34,36H,1,3-4,13-20H2,(H,35,38)/t22-,23+,27+/m0/s1. The molecule has 2 heterocycles. The van der Waals surface area contributed by atoms with Crippen LogP contribution in [0.1, 0.15) is 58.6 Å². The minimum Gasteiger partial charge on any atom is -0.351 e. The molecule has 0 spiro atoms. The van der Waals surface area contributed by atoms with E-state index in [9.17, 15) is 31.2 Å². The number of carbonyl (C=O) groups is 2. The third-order valence-electron chi connectivity index (χ3n) is 7.96. The summed E-state index contributed by atoms with van der Waals surface area (Å²) in [4.78, 5) is 28.2. The number of hydrogen-bond donors (Lipinski definition) is 3. The third kappa shape index (κ3) is 8.65. The molecule has 2 saturated heterocycles. The van der Waals surface area contributed by atoms with Gasteiger partial charge in [0, 0.05) is 37.2 Å². The van der Waals surface area contributed by atoms with E-state index in [2.05, 4.69) is 21.9 Å². The van der Waals surface area contributed by atoms with E-state index in [0.717, 1.165) is 49.0 Å². The van der Waals surface area contributed by atoms with Gasteiger partial charge in [-0.3, -0.25) is 9.59 Å². The van der Waals surface area contributed by atoms with Gasteiger partial charge in [-0.1, -0.05) is 30.8 Å². The van der Waals surface area contributed by atoms with Gasteiger partial charge in [0.05, 0.1) is 11.5 Å². The molecule has 42 heavy (non-hydrogen) atoms. The van der Waals surface area contributed by atoms with Crippen molar-refractivity contribution in [3.05, 3.63) is 82.8 Å². The van der Waals surface area contributed by atoms with Gasteiger partial charge in [-0.05, 0) is 86.0 Å². The lowest BCUT2D eigenvalue weighted by atomic mass is 9.84. The van der Waals surface area contributed by atoms with Crippen LogP contribution in [0.25, 0.3) is 0 Å². The van der Waals surface area contributed by atoms with Crippen LogP contribution >= 0.6 is 0 Å². The Hall–Kier alpha value is -3.22. The molecule has 12 heteroatoms. The van der Waals surface area contributed by atoms with Crippen molar-refractivity contribution < 1.29 is 31.2 Å². The summed E-state index contributed by atoms with van der Waals surface area (Å²) in [5.74, 6) is -0.561. The molecule has 2 aromatic rings. The molecule has 3 atom stereocenters. The molecule has 228 valence electrons. The number of sulfonamides is 1. The molecule has 4 rings (SSSR count). The van der Waals surface area contributed by atoms with Crippen molar-refractivity contribution in [2.24, 2.45) is 11.8 Å². The first-order valence-electron chi connectivity index (χ1n) is 14.1. The van der Waals surface area contributed by atoms with Crippen LogP contribution in [0.3, 0.4) is 0 Å². The Balaban J connectivity index is 1.40. The summed E-state index contributed by atoms with van der Waals surface area (Å²) >= 11 is 0. The molecule has 2 aliphatic rings. The zero-order chi connectivity index (χ0) is 30.3. The number of nitrogens with one attached hydrogen (secondary N) is 3. The molecular formula is C30H37F3N4O4S. The van der Waals surface area contributed by atoms with E-state index in [-0.39, 0.29) is 30.8 Å². The fourth-order valence-corrected chi connectivity index (χ4v) is 6.08. The number of alkyl halides is 3. The summed E-state index contributed by atoms with van der Waals surface area (Å²) in [7, 11) is -3.52. The molecule has 0 saturated carbocycles. The zero-order valence-electron chi connectivity index (χ0n) is 23.3. The predicted molar refractivity (Wildman–Crippen MR) is 154 cm³/mol. The van der Waals surface area contributed by atoms with Crippen LogP contribution in [0.15, 0.2) is 60.5 Å². The Morgan fingerprint density at radius 1 is 1.07 bits per heavy atom. The monoisotopic (exact) mass is 606 g/mol. The highest BCUT2D eigenvalue weighted by atomic mass is 32.2. The number of halogens is 3. The van der Waals surface area contributed by atoms with Crippen molar-refractivity contribution >= 4 is 21.8 Å². The molecular weight excluding hydrogens is 569 g/mol. The van der Waals surface area contributed by atoms with E-state index in [1.165, 1.54) is 12.1 Å². The van der Waals surface area contributed by atoms with E-state index in [4.69, 9.17) is 0 Å². The second-order valence-electron chi connectivity index (χ2n) is 11.0. The molecule has 0 bridgehead atoms. The number of rotatable bonds is 11. The smallest absolute Gasteiger partial charge is 0.351 e. The van der Waals surface area contributed by atoms with Crippen LogP contribution in [0, 0.1) is 11.8 Å². The zero-order valence-corrected chi connectivity index (χ0v) is 24.1. The molecule has 0 radical (unpaired) electrons. The normalized spacial score (nSPS) is 20.2. The van der Waals surface area contributed by atoms with Gasteiger partial charge in [-0.2, -0.15) is 13.2 Å². The number of likely N-dealkylation sites (tertiary alicyclic amines) is 1. The summed E-state index contributed by atoms with van der Waals surface area (Å²) < 4.78 is 64.4. The summed E-state index contributed by atoms with van der Waals surface area (Å²) in [6.45, 7) is 6.31. The lowest BCUT2D eigenvalue weighted by Crippen LogP contribution is -2.35. The van der Waals surface area contributed by atoms with Crippen molar-refractivity contribution in [2.45, 2.75) is 44.3 Å². The van der Waals surface area contributed by atoms with E-state index < -0.39 is 27.7 Å². The van der Waals surface area contributed by atoms with Gasteiger partial charge >= 0.3 is 6.18 Å². The van der Waals surface area contributed by atoms with Crippen LogP contribution in [0.5, 0.6) is 0 Å². The van der Waals surface area contributed by atoms with Gasteiger partial charge in [-0.15, -0.1) is 0 Å². The molecule has 2 aliphatic heterocycles. The van der Waals surface area contributed by atoms with Gasteiger partial charge in [-0.25, -0.2) is 13.1 Å². The number of piperidine rings is 1. The highest BCUT2D eigenvalue weighted by Gasteiger charge is 2.31. The minimum absolute atomic E-state index is 0.00444. The number of benzene rings is 2. The Labute approximate surface area is 244 Å². The molecule has 2 fully saturated rings. The van der Waals surface area contributed by atoms with Gasteiger partial charge < -0.3 is 15.5 Å². The van der Waals surface area contributed by atoms with E-state index >= 15 is 0 Å². The number of hydrogen-bond acceptors (Lipinski definition) is 5. The van der Waals surface area contributed by atoms with Crippen LogP contribution in [-0.2, 0) is 27.5 Å². The third-order valence-corrected chi connectivity index (χ3v) is 8.97. The van der Waals surface area contributed by atoms with E-state index in [0.29, 0.717) is 43.0 Å². The molecule has 2 amide bonds. The Bertz CT molecular complexity index is 1340. The van der Waals surface area contributed by atoms with Crippen molar-refractivity contribution in [2.75, 3.05) is 32.7 Å². The Morgan fingerprint density at radius 3 is 2.40 bits per heavy atom. The number of amides is 2. The van der Waals surface area contributed by atoms with Gasteiger partial charge in [0.25, 0.3) is 5.91 Å². The largest absolute Gasteiger partial charge is 0.416 e. The minimum atomic E-state index is -4.42. The molecule has 2 aromatic carbocycles. The number of carbonyl (C=O) groups excluding carboxylic acids is 2. The highest BCUT2D eigenvalue weighted by molar-refractivity contribution is 7.92. The van der Waals surface area contributed by atoms with Crippen LogP contribution in [0.2, 0.25) is 0 Å². The molecule has 0 unspecified atom stereocenters. The molecule has 0 aliphatic carbocycles. The van der Waals surface area contributed by atoms with Crippen molar-refractivity contribution in [1.82, 2.24) is 20.3 Å². The predicted octanol–water partition coefficient (Wildman–Crippen LogP) is 4.02. The molecule has 8 nitrogen and oxygen atoms in total. The van der Waals surface area contributed by atoms with Crippen molar-refractivity contribution in [3.8, 4) is 0 Å². The quantitative estimate of drug-likeness (QED) is 0.358.